The maximum absolute atomic E-state index is 12.3. The van der Waals surface area contributed by atoms with Crippen LogP contribution in [0.4, 0.5) is 5.69 Å². The van der Waals surface area contributed by atoms with E-state index < -0.39 is 0 Å². The van der Waals surface area contributed by atoms with Gasteiger partial charge in [0.25, 0.3) is 0 Å². The smallest absolute Gasteiger partial charge is 0.187 e. The van der Waals surface area contributed by atoms with Gasteiger partial charge in [0.05, 0.1) is 14.2 Å². The van der Waals surface area contributed by atoms with Crippen LogP contribution in [0, 0.1) is 0 Å². The molecule has 126 valence electrons. The molecule has 0 aliphatic rings. The molecule has 2 aromatic carbocycles. The molecule has 24 heavy (non-hydrogen) atoms. The van der Waals surface area contributed by atoms with Crippen LogP contribution in [0.2, 0.25) is 0 Å². The molecule has 0 radical (unpaired) electrons. The fourth-order valence-electron chi connectivity index (χ4n) is 2.29. The Morgan fingerprint density at radius 3 is 2.46 bits per heavy atom. The first-order chi connectivity index (χ1) is 11.5. The van der Waals surface area contributed by atoms with E-state index in [4.69, 9.17) is 9.47 Å². The normalized spacial score (nSPS) is 10.9. The van der Waals surface area contributed by atoms with Gasteiger partial charge in [-0.3, -0.25) is 4.79 Å². The van der Waals surface area contributed by atoms with E-state index in [9.17, 15) is 4.79 Å². The molecule has 0 spiro atoms. The second kappa shape index (κ2) is 8.20. The summed E-state index contributed by atoms with van der Waals surface area (Å²) in [5, 5.41) is 3.13. The molecule has 2 aromatic rings. The second-order valence-corrected chi connectivity index (χ2v) is 5.69. The molecule has 0 atom stereocenters. The number of hydrogen-bond acceptors (Lipinski definition) is 4. The zero-order valence-corrected chi connectivity index (χ0v) is 14.5. The summed E-state index contributed by atoms with van der Waals surface area (Å²) in [6, 6.07) is 13.3. The number of anilines is 1. The van der Waals surface area contributed by atoms with E-state index >= 15 is 0 Å². The number of carbonyl (C=O) groups excluding carboxylic acids is 1. The van der Waals surface area contributed by atoms with Gasteiger partial charge in [0.2, 0.25) is 0 Å². The Morgan fingerprint density at radius 2 is 1.79 bits per heavy atom. The summed E-state index contributed by atoms with van der Waals surface area (Å²) >= 11 is 0. The van der Waals surface area contributed by atoms with Crippen molar-refractivity contribution in [3.05, 3.63) is 65.9 Å². The average molecular weight is 325 g/mol. The number of methoxy groups -OCH3 is 2. The van der Waals surface area contributed by atoms with Crippen LogP contribution in [0.3, 0.4) is 0 Å². The van der Waals surface area contributed by atoms with Crippen molar-refractivity contribution in [2.24, 2.45) is 0 Å². The van der Waals surface area contributed by atoms with E-state index in [0.717, 1.165) is 5.69 Å². The van der Waals surface area contributed by atoms with Crippen molar-refractivity contribution in [1.29, 1.82) is 0 Å². The number of carbonyl (C=O) groups is 1. The van der Waals surface area contributed by atoms with Crippen LogP contribution in [0.25, 0.3) is 0 Å². The fraction of sp³-hybridized carbons (Fsp3) is 0.250. The van der Waals surface area contributed by atoms with Gasteiger partial charge in [0.1, 0.15) is 0 Å². The number of rotatable bonds is 7. The van der Waals surface area contributed by atoms with Gasteiger partial charge in [0, 0.05) is 23.5 Å². The molecule has 4 heteroatoms. The molecule has 0 aliphatic heterocycles. The summed E-state index contributed by atoms with van der Waals surface area (Å²) in [5.74, 6) is 1.49. The van der Waals surface area contributed by atoms with Gasteiger partial charge in [-0.05, 0) is 41.8 Å². The summed E-state index contributed by atoms with van der Waals surface area (Å²) < 4.78 is 10.4. The standard InChI is InChI=1S/C20H23NO3/c1-14(2)15-6-5-7-17(12-15)21-11-10-18(22)16-8-9-19(23-3)20(13-16)24-4/h5-14,21H,1-4H3/b11-10+. The average Bonchev–Trinajstić information content (AvgIpc) is 2.61. The van der Waals surface area contributed by atoms with Crippen LogP contribution in [0.1, 0.15) is 35.7 Å². The van der Waals surface area contributed by atoms with Crippen LogP contribution in [-0.4, -0.2) is 20.0 Å². The molecule has 0 amide bonds. The van der Waals surface area contributed by atoms with E-state index in [2.05, 4.69) is 31.3 Å². The third-order valence-corrected chi connectivity index (χ3v) is 3.71. The highest BCUT2D eigenvalue weighted by atomic mass is 16.5. The molecule has 0 aromatic heterocycles. The number of ether oxygens (including phenoxy) is 2. The predicted molar refractivity (Wildman–Crippen MR) is 97.2 cm³/mol. The lowest BCUT2D eigenvalue weighted by atomic mass is 10.0. The molecule has 0 bridgehead atoms. The molecule has 0 heterocycles. The van der Waals surface area contributed by atoms with Crippen LogP contribution in [0.5, 0.6) is 11.5 Å². The van der Waals surface area contributed by atoms with Crippen molar-refractivity contribution in [1.82, 2.24) is 0 Å². The number of ketones is 1. The maximum atomic E-state index is 12.3. The highest BCUT2D eigenvalue weighted by Crippen LogP contribution is 2.27. The summed E-state index contributed by atoms with van der Waals surface area (Å²) in [5.41, 5.74) is 2.75. The van der Waals surface area contributed by atoms with Crippen LogP contribution in [0.15, 0.2) is 54.7 Å². The van der Waals surface area contributed by atoms with E-state index in [-0.39, 0.29) is 5.78 Å². The summed E-state index contributed by atoms with van der Waals surface area (Å²) in [6.07, 6.45) is 3.15. The van der Waals surface area contributed by atoms with Crippen LogP contribution in [-0.2, 0) is 0 Å². The van der Waals surface area contributed by atoms with Crippen molar-refractivity contribution in [3.8, 4) is 11.5 Å². The molecule has 0 fully saturated rings. The van der Waals surface area contributed by atoms with Crippen LogP contribution >= 0.6 is 0 Å². The van der Waals surface area contributed by atoms with Gasteiger partial charge in [0.15, 0.2) is 17.3 Å². The monoisotopic (exact) mass is 325 g/mol. The predicted octanol–water partition coefficient (Wildman–Crippen LogP) is 4.64. The van der Waals surface area contributed by atoms with E-state index in [0.29, 0.717) is 23.0 Å². The van der Waals surface area contributed by atoms with Gasteiger partial charge < -0.3 is 14.8 Å². The molecule has 4 nitrogen and oxygen atoms in total. The summed E-state index contributed by atoms with van der Waals surface area (Å²) in [7, 11) is 3.11. The Morgan fingerprint density at radius 1 is 1.04 bits per heavy atom. The van der Waals surface area contributed by atoms with Crippen molar-refractivity contribution in [3.63, 3.8) is 0 Å². The Kier molecular flexibility index (Phi) is 6.01. The molecule has 0 unspecified atom stereocenters. The maximum Gasteiger partial charge on any atom is 0.187 e. The van der Waals surface area contributed by atoms with E-state index in [1.54, 1.807) is 38.6 Å². The molecule has 0 aliphatic carbocycles. The highest BCUT2D eigenvalue weighted by molar-refractivity contribution is 6.05. The molecule has 0 saturated heterocycles. The molecular weight excluding hydrogens is 302 g/mol. The third-order valence-electron chi connectivity index (χ3n) is 3.71. The molecule has 1 N–H and O–H groups in total. The number of nitrogens with one attached hydrogen (secondary N) is 1. The highest BCUT2D eigenvalue weighted by Gasteiger charge is 2.08. The van der Waals surface area contributed by atoms with Gasteiger partial charge >= 0.3 is 0 Å². The van der Waals surface area contributed by atoms with Crippen LogP contribution < -0.4 is 14.8 Å². The largest absolute Gasteiger partial charge is 0.493 e. The van der Waals surface area contributed by atoms with Crippen molar-refractivity contribution < 1.29 is 14.3 Å². The Hall–Kier alpha value is -2.75. The minimum Gasteiger partial charge on any atom is -0.493 e. The minimum absolute atomic E-state index is 0.108. The molecule has 0 saturated carbocycles. The number of benzene rings is 2. The first-order valence-electron chi connectivity index (χ1n) is 7.84. The van der Waals surface area contributed by atoms with Gasteiger partial charge in [-0.1, -0.05) is 26.0 Å². The lowest BCUT2D eigenvalue weighted by molar-refractivity contribution is 0.104. The molecule has 2 rings (SSSR count). The first-order valence-corrected chi connectivity index (χ1v) is 7.84. The zero-order chi connectivity index (χ0) is 17.5. The molecular formula is C20H23NO3. The minimum atomic E-state index is -0.108. The SMILES string of the molecule is COc1ccc(C(=O)/C=C/Nc2cccc(C(C)C)c2)cc1OC. The zero-order valence-electron chi connectivity index (χ0n) is 14.5. The topological polar surface area (TPSA) is 47.6 Å². The van der Waals surface area contributed by atoms with Gasteiger partial charge in [-0.25, -0.2) is 0 Å². The first kappa shape index (κ1) is 17.6. The van der Waals surface area contributed by atoms with Gasteiger partial charge in [-0.15, -0.1) is 0 Å². The lowest BCUT2D eigenvalue weighted by Crippen LogP contribution is -1.99. The Balaban J connectivity index is 2.06. The fourth-order valence-corrected chi connectivity index (χ4v) is 2.29. The Labute approximate surface area is 143 Å². The van der Waals surface area contributed by atoms with E-state index in [1.165, 1.54) is 11.6 Å². The van der Waals surface area contributed by atoms with E-state index in [1.807, 2.05) is 12.1 Å². The second-order valence-electron chi connectivity index (χ2n) is 5.69. The quantitative estimate of drug-likeness (QED) is 0.595. The van der Waals surface area contributed by atoms with Gasteiger partial charge in [-0.2, -0.15) is 0 Å². The summed E-state index contributed by atoms with van der Waals surface area (Å²) in [6.45, 7) is 4.30. The Bertz CT molecular complexity index is 735. The number of allylic oxidation sites excluding steroid dienone is 1. The lowest BCUT2D eigenvalue weighted by Gasteiger charge is -2.08. The summed E-state index contributed by atoms with van der Waals surface area (Å²) in [4.78, 5) is 12.3. The van der Waals surface area contributed by atoms with Crippen molar-refractivity contribution >= 4 is 11.5 Å². The third kappa shape index (κ3) is 4.38. The van der Waals surface area contributed by atoms with Crippen molar-refractivity contribution in [2.75, 3.05) is 19.5 Å². The van der Waals surface area contributed by atoms with Crippen molar-refractivity contribution in [2.45, 2.75) is 19.8 Å². The number of hydrogen-bond donors (Lipinski definition) is 1.